The Morgan fingerprint density at radius 1 is 1.24 bits per heavy atom. The summed E-state index contributed by atoms with van der Waals surface area (Å²) in [5.41, 5.74) is 1.46. The normalized spacial score (nSPS) is 11.2. The zero-order chi connectivity index (χ0) is 18.0. The molecule has 0 atom stereocenters. The lowest BCUT2D eigenvalue weighted by molar-refractivity contribution is 0.415. The fraction of sp³-hybridized carbons (Fsp3) is 0.0625. The standard InChI is InChI=1S/C16H12Cl2N4O2S/c1-24-10-4-2-9(3-5-10)19-16(25)22-21-14-11-6-8(17)7-12(18)13(11)20-15(14)23/h2-7,20,23H,1H3,(H,19,25). The number of nitrogens with zero attached hydrogens (tertiary/aromatic N) is 2. The zero-order valence-corrected chi connectivity index (χ0v) is 15.2. The molecule has 1 heterocycles. The number of hydrogen-bond donors (Lipinski definition) is 3. The van der Waals surface area contributed by atoms with Crippen LogP contribution in [0, 0.1) is 0 Å². The molecule has 0 amide bonds. The molecule has 0 fully saturated rings. The van der Waals surface area contributed by atoms with E-state index in [0.717, 1.165) is 11.4 Å². The quantitative estimate of drug-likeness (QED) is 0.394. The van der Waals surface area contributed by atoms with Gasteiger partial charge in [-0.2, -0.15) is 0 Å². The van der Waals surface area contributed by atoms with Gasteiger partial charge >= 0.3 is 0 Å². The number of benzene rings is 2. The highest BCUT2D eigenvalue weighted by Gasteiger charge is 2.14. The number of methoxy groups -OCH3 is 1. The van der Waals surface area contributed by atoms with E-state index in [2.05, 4.69) is 20.5 Å². The molecule has 0 saturated carbocycles. The number of nitrogens with one attached hydrogen (secondary N) is 2. The van der Waals surface area contributed by atoms with Gasteiger partial charge in [-0.25, -0.2) is 0 Å². The van der Waals surface area contributed by atoms with Crippen molar-refractivity contribution >= 4 is 62.8 Å². The lowest BCUT2D eigenvalue weighted by Gasteiger charge is -2.04. The van der Waals surface area contributed by atoms with Crippen LogP contribution in [0.3, 0.4) is 0 Å². The van der Waals surface area contributed by atoms with Crippen LogP contribution in [-0.4, -0.2) is 22.3 Å². The Morgan fingerprint density at radius 3 is 2.64 bits per heavy atom. The highest BCUT2D eigenvalue weighted by Crippen LogP contribution is 2.40. The number of aromatic nitrogens is 1. The van der Waals surface area contributed by atoms with Crippen LogP contribution in [0.25, 0.3) is 10.9 Å². The number of halogens is 2. The fourth-order valence-electron chi connectivity index (χ4n) is 2.21. The van der Waals surface area contributed by atoms with Crippen LogP contribution in [0.2, 0.25) is 10.0 Å². The molecule has 0 aliphatic rings. The number of anilines is 1. The van der Waals surface area contributed by atoms with E-state index in [0.29, 0.717) is 20.9 Å². The highest BCUT2D eigenvalue weighted by molar-refractivity contribution is 7.80. The molecule has 9 heteroatoms. The molecule has 0 spiro atoms. The van der Waals surface area contributed by atoms with Crippen molar-refractivity contribution in [1.82, 2.24) is 4.98 Å². The van der Waals surface area contributed by atoms with Crippen LogP contribution in [-0.2, 0) is 0 Å². The van der Waals surface area contributed by atoms with Crippen molar-refractivity contribution in [1.29, 1.82) is 0 Å². The first-order valence-electron chi connectivity index (χ1n) is 7.04. The Morgan fingerprint density at radius 2 is 1.96 bits per heavy atom. The summed E-state index contributed by atoms with van der Waals surface area (Å²) in [6, 6.07) is 10.4. The molecule has 3 rings (SSSR count). The van der Waals surface area contributed by atoms with Crippen molar-refractivity contribution in [2.45, 2.75) is 0 Å². The van der Waals surface area contributed by atoms with Gasteiger partial charge in [-0.05, 0) is 48.6 Å². The largest absolute Gasteiger partial charge is 0.497 e. The molecule has 0 bridgehead atoms. The summed E-state index contributed by atoms with van der Waals surface area (Å²) in [7, 11) is 1.59. The molecule has 0 aliphatic carbocycles. The Kier molecular flexibility index (Phi) is 5.08. The summed E-state index contributed by atoms with van der Waals surface area (Å²) in [5, 5.41) is 22.3. The van der Waals surface area contributed by atoms with Crippen LogP contribution in [0.1, 0.15) is 0 Å². The predicted octanol–water partition coefficient (Wildman–Crippen LogP) is 5.67. The van der Waals surface area contributed by atoms with E-state index in [-0.39, 0.29) is 16.7 Å². The van der Waals surface area contributed by atoms with Crippen LogP contribution in [0.15, 0.2) is 46.6 Å². The van der Waals surface area contributed by atoms with Crippen LogP contribution < -0.4 is 10.1 Å². The Balaban J connectivity index is 1.82. The number of rotatable bonds is 3. The molecule has 25 heavy (non-hydrogen) atoms. The molecule has 1 aromatic heterocycles. The minimum Gasteiger partial charge on any atom is -0.497 e. The minimum atomic E-state index is -0.171. The lowest BCUT2D eigenvalue weighted by Crippen LogP contribution is -2.04. The SMILES string of the molecule is COc1ccc(NC(=S)N=Nc2c(O)[nH]c3c(Cl)cc(Cl)cc23)cc1. The minimum absolute atomic E-state index is 0.132. The fourth-order valence-corrected chi connectivity index (χ4v) is 2.91. The van der Waals surface area contributed by atoms with Crippen molar-refractivity contribution < 1.29 is 9.84 Å². The zero-order valence-electron chi connectivity index (χ0n) is 12.9. The van der Waals surface area contributed by atoms with Crippen molar-refractivity contribution in [3.8, 4) is 11.6 Å². The number of H-pyrrole nitrogens is 1. The smallest absolute Gasteiger partial charge is 0.218 e. The average Bonchev–Trinajstić information content (AvgIpc) is 2.89. The molecular formula is C16H12Cl2N4O2S. The number of azo groups is 1. The maximum absolute atomic E-state index is 10.0. The van der Waals surface area contributed by atoms with Gasteiger partial charge in [0.25, 0.3) is 0 Å². The summed E-state index contributed by atoms with van der Waals surface area (Å²) in [4.78, 5) is 2.74. The third kappa shape index (κ3) is 3.84. The molecule has 3 aromatic rings. The summed E-state index contributed by atoms with van der Waals surface area (Å²) >= 11 is 17.2. The first kappa shape index (κ1) is 17.5. The number of aromatic hydroxyl groups is 1. The van der Waals surface area contributed by atoms with Crippen molar-refractivity contribution in [3.63, 3.8) is 0 Å². The van der Waals surface area contributed by atoms with Gasteiger partial charge in [-0.1, -0.05) is 23.2 Å². The molecule has 0 saturated heterocycles. The Labute approximate surface area is 158 Å². The van der Waals surface area contributed by atoms with Gasteiger partial charge in [-0.15, -0.1) is 10.2 Å². The second-order valence-electron chi connectivity index (χ2n) is 4.99. The van der Waals surface area contributed by atoms with Crippen LogP contribution >= 0.6 is 35.4 Å². The summed E-state index contributed by atoms with van der Waals surface area (Å²) in [6.45, 7) is 0. The van der Waals surface area contributed by atoms with Gasteiger partial charge in [0.05, 0.1) is 17.6 Å². The second kappa shape index (κ2) is 7.26. The van der Waals surface area contributed by atoms with E-state index in [1.165, 1.54) is 0 Å². The monoisotopic (exact) mass is 394 g/mol. The number of ether oxygens (including phenoxy) is 1. The van der Waals surface area contributed by atoms with Crippen LogP contribution in [0.5, 0.6) is 11.6 Å². The Bertz CT molecular complexity index is 970. The van der Waals surface area contributed by atoms with Gasteiger partial charge in [0, 0.05) is 16.1 Å². The van der Waals surface area contributed by atoms with E-state index >= 15 is 0 Å². The number of thiocarbonyl (C=S) groups is 1. The third-order valence-electron chi connectivity index (χ3n) is 3.36. The molecule has 6 nitrogen and oxygen atoms in total. The van der Waals surface area contributed by atoms with Crippen molar-refractivity contribution in [3.05, 3.63) is 46.4 Å². The van der Waals surface area contributed by atoms with Gasteiger partial charge in [0.15, 0.2) is 5.69 Å². The predicted molar refractivity (Wildman–Crippen MR) is 104 cm³/mol. The Hall–Kier alpha value is -2.35. The van der Waals surface area contributed by atoms with Crippen molar-refractivity contribution in [2.24, 2.45) is 10.2 Å². The number of hydrogen-bond acceptors (Lipinski definition) is 4. The molecule has 3 N–H and O–H groups in total. The van der Waals surface area contributed by atoms with Crippen molar-refractivity contribution in [2.75, 3.05) is 12.4 Å². The molecule has 0 unspecified atom stereocenters. The van der Waals surface area contributed by atoms with E-state index < -0.39 is 0 Å². The molecule has 0 radical (unpaired) electrons. The van der Waals surface area contributed by atoms with Gasteiger partial charge < -0.3 is 20.1 Å². The van der Waals surface area contributed by atoms with Crippen LogP contribution in [0.4, 0.5) is 11.4 Å². The maximum atomic E-state index is 10.0. The highest BCUT2D eigenvalue weighted by atomic mass is 35.5. The molecule has 128 valence electrons. The van der Waals surface area contributed by atoms with E-state index in [1.54, 1.807) is 43.5 Å². The van der Waals surface area contributed by atoms with E-state index in [9.17, 15) is 5.11 Å². The second-order valence-corrected chi connectivity index (χ2v) is 6.22. The van der Waals surface area contributed by atoms with Gasteiger partial charge in [0.1, 0.15) is 5.75 Å². The van der Waals surface area contributed by atoms with E-state index in [1.807, 2.05) is 0 Å². The summed E-state index contributed by atoms with van der Waals surface area (Å²) < 4.78 is 5.09. The number of aromatic amines is 1. The summed E-state index contributed by atoms with van der Waals surface area (Å²) in [6.07, 6.45) is 0. The topological polar surface area (TPSA) is 82.0 Å². The average molecular weight is 395 g/mol. The van der Waals surface area contributed by atoms with E-state index in [4.69, 9.17) is 40.2 Å². The first-order chi connectivity index (χ1) is 12.0. The summed E-state index contributed by atoms with van der Waals surface area (Å²) in [5.74, 6) is 0.561. The molecular weight excluding hydrogens is 383 g/mol. The maximum Gasteiger partial charge on any atom is 0.218 e. The number of fused-ring (bicyclic) bond motifs is 1. The lowest BCUT2D eigenvalue weighted by atomic mass is 10.2. The molecule has 2 aromatic carbocycles. The molecule has 0 aliphatic heterocycles. The third-order valence-corrected chi connectivity index (χ3v) is 4.06. The van der Waals surface area contributed by atoms with Gasteiger partial charge in [0.2, 0.25) is 11.0 Å². The first-order valence-corrected chi connectivity index (χ1v) is 8.21. The van der Waals surface area contributed by atoms with Gasteiger partial charge in [-0.3, -0.25) is 0 Å².